The van der Waals surface area contributed by atoms with E-state index in [2.05, 4.69) is 9.97 Å². The van der Waals surface area contributed by atoms with Crippen LogP contribution in [0.5, 0.6) is 11.5 Å². The third-order valence-electron chi connectivity index (χ3n) is 3.63. The minimum absolute atomic E-state index is 0.125. The maximum absolute atomic E-state index is 11.8. The highest BCUT2D eigenvalue weighted by atomic mass is 16.5. The van der Waals surface area contributed by atoms with Gasteiger partial charge in [-0.25, -0.2) is 9.97 Å². The van der Waals surface area contributed by atoms with Crippen LogP contribution in [0, 0.1) is 0 Å². The number of hydrogen-bond acceptors (Lipinski definition) is 5. The van der Waals surface area contributed by atoms with Gasteiger partial charge in [0.15, 0.2) is 11.6 Å². The molecular weight excluding hydrogens is 268 g/mol. The Bertz CT molecular complexity index is 698. The zero-order valence-electron chi connectivity index (χ0n) is 12.0. The van der Waals surface area contributed by atoms with Gasteiger partial charge >= 0.3 is 0 Å². The number of methoxy groups -OCH3 is 2. The van der Waals surface area contributed by atoms with E-state index in [1.807, 2.05) is 18.2 Å². The molecule has 1 aromatic carbocycles. The largest absolute Gasteiger partial charge is 0.497 e. The Kier molecular flexibility index (Phi) is 3.56. The number of ketones is 1. The van der Waals surface area contributed by atoms with Gasteiger partial charge in [-0.05, 0) is 31.0 Å². The van der Waals surface area contributed by atoms with E-state index in [-0.39, 0.29) is 5.78 Å². The van der Waals surface area contributed by atoms with Crippen molar-refractivity contribution in [1.29, 1.82) is 0 Å². The Hall–Kier alpha value is -2.43. The predicted molar refractivity (Wildman–Crippen MR) is 77.8 cm³/mol. The summed E-state index contributed by atoms with van der Waals surface area (Å²) >= 11 is 0. The molecule has 21 heavy (non-hydrogen) atoms. The van der Waals surface area contributed by atoms with E-state index >= 15 is 0 Å². The van der Waals surface area contributed by atoms with Gasteiger partial charge in [0, 0.05) is 12.6 Å². The van der Waals surface area contributed by atoms with Gasteiger partial charge in [0.05, 0.1) is 31.0 Å². The zero-order valence-corrected chi connectivity index (χ0v) is 12.0. The summed E-state index contributed by atoms with van der Waals surface area (Å²) in [5, 5.41) is 0. The van der Waals surface area contributed by atoms with Crippen LogP contribution in [0.25, 0.3) is 11.4 Å². The molecule has 0 saturated carbocycles. The molecule has 0 spiro atoms. The maximum Gasteiger partial charge on any atom is 0.166 e. The number of carbonyl (C=O) groups is 1. The lowest BCUT2D eigenvalue weighted by Crippen LogP contribution is -2.14. The average Bonchev–Trinajstić information content (AvgIpc) is 2.54. The Labute approximate surface area is 123 Å². The van der Waals surface area contributed by atoms with Crippen LogP contribution < -0.4 is 9.47 Å². The van der Waals surface area contributed by atoms with E-state index in [9.17, 15) is 4.79 Å². The van der Waals surface area contributed by atoms with Crippen molar-refractivity contribution < 1.29 is 14.3 Å². The quantitative estimate of drug-likeness (QED) is 0.867. The lowest BCUT2D eigenvalue weighted by molar-refractivity contribution is 0.0971. The van der Waals surface area contributed by atoms with Crippen LogP contribution in [0.4, 0.5) is 0 Å². The fourth-order valence-corrected chi connectivity index (χ4v) is 2.51. The van der Waals surface area contributed by atoms with Gasteiger partial charge in [0.1, 0.15) is 11.5 Å². The van der Waals surface area contributed by atoms with Gasteiger partial charge in [-0.15, -0.1) is 0 Å². The number of benzene rings is 1. The van der Waals surface area contributed by atoms with Crippen molar-refractivity contribution in [3.05, 3.63) is 35.7 Å². The Morgan fingerprint density at radius 2 is 1.95 bits per heavy atom. The first-order valence-corrected chi connectivity index (χ1v) is 6.84. The van der Waals surface area contributed by atoms with Crippen LogP contribution in [0.15, 0.2) is 24.4 Å². The van der Waals surface area contributed by atoms with Crippen molar-refractivity contribution in [3.63, 3.8) is 0 Å². The van der Waals surface area contributed by atoms with Crippen molar-refractivity contribution in [1.82, 2.24) is 9.97 Å². The molecule has 0 amide bonds. The number of nitrogens with zero attached hydrogens (tertiary/aromatic N) is 2. The van der Waals surface area contributed by atoms with Crippen LogP contribution in [0.1, 0.15) is 28.9 Å². The molecule has 108 valence electrons. The van der Waals surface area contributed by atoms with Crippen molar-refractivity contribution in [3.8, 4) is 22.9 Å². The Balaban J connectivity index is 2.10. The molecule has 5 heteroatoms. The van der Waals surface area contributed by atoms with E-state index in [1.54, 1.807) is 20.4 Å². The molecule has 0 atom stereocenters. The Morgan fingerprint density at radius 1 is 1.10 bits per heavy atom. The van der Waals surface area contributed by atoms with Crippen LogP contribution in [0.3, 0.4) is 0 Å². The summed E-state index contributed by atoms with van der Waals surface area (Å²) in [5.74, 6) is 2.07. The van der Waals surface area contributed by atoms with E-state index < -0.39 is 0 Å². The SMILES string of the molecule is COc1ccc(OC)c(-c2ncc3c(n2)CCCC3=O)c1. The lowest BCUT2D eigenvalue weighted by atomic mass is 9.96. The predicted octanol–water partition coefficient (Wildman–Crippen LogP) is 2.68. The molecule has 0 radical (unpaired) electrons. The number of fused-ring (bicyclic) bond motifs is 1. The molecule has 3 rings (SSSR count). The molecule has 2 aromatic rings. The van der Waals surface area contributed by atoms with Crippen molar-refractivity contribution in [2.75, 3.05) is 14.2 Å². The molecule has 1 aliphatic carbocycles. The van der Waals surface area contributed by atoms with Crippen molar-refractivity contribution in [2.24, 2.45) is 0 Å². The normalized spacial score (nSPS) is 13.7. The van der Waals surface area contributed by atoms with Crippen molar-refractivity contribution >= 4 is 5.78 Å². The minimum Gasteiger partial charge on any atom is -0.497 e. The highest BCUT2D eigenvalue weighted by Gasteiger charge is 2.20. The summed E-state index contributed by atoms with van der Waals surface area (Å²) in [7, 11) is 3.21. The summed E-state index contributed by atoms with van der Waals surface area (Å²) in [5.41, 5.74) is 2.23. The van der Waals surface area contributed by atoms with E-state index in [1.165, 1.54) is 0 Å². The fourth-order valence-electron chi connectivity index (χ4n) is 2.51. The van der Waals surface area contributed by atoms with Gasteiger partial charge in [-0.3, -0.25) is 4.79 Å². The molecule has 1 aromatic heterocycles. The first kappa shape index (κ1) is 13.5. The van der Waals surface area contributed by atoms with Crippen LogP contribution >= 0.6 is 0 Å². The third kappa shape index (κ3) is 2.46. The molecule has 0 aliphatic heterocycles. The molecule has 1 aliphatic rings. The zero-order chi connectivity index (χ0) is 14.8. The molecule has 1 heterocycles. The van der Waals surface area contributed by atoms with Gasteiger partial charge in [0.2, 0.25) is 0 Å². The summed E-state index contributed by atoms with van der Waals surface area (Å²) < 4.78 is 10.6. The van der Waals surface area contributed by atoms with E-state index in [0.717, 1.165) is 24.1 Å². The number of hydrogen-bond donors (Lipinski definition) is 0. The number of rotatable bonds is 3. The third-order valence-corrected chi connectivity index (χ3v) is 3.63. The summed E-state index contributed by atoms with van der Waals surface area (Å²) in [6.07, 6.45) is 3.86. The molecule has 0 N–H and O–H groups in total. The Morgan fingerprint density at radius 3 is 2.71 bits per heavy atom. The highest BCUT2D eigenvalue weighted by Crippen LogP contribution is 2.32. The topological polar surface area (TPSA) is 61.3 Å². The molecule has 0 fully saturated rings. The van der Waals surface area contributed by atoms with E-state index in [0.29, 0.717) is 29.3 Å². The minimum atomic E-state index is 0.125. The summed E-state index contributed by atoms with van der Waals surface area (Å²) in [4.78, 5) is 20.7. The van der Waals surface area contributed by atoms with Crippen molar-refractivity contribution in [2.45, 2.75) is 19.3 Å². The lowest BCUT2D eigenvalue weighted by Gasteiger charge is -2.15. The molecule has 0 saturated heterocycles. The van der Waals surface area contributed by atoms with Crippen LogP contribution in [-0.2, 0) is 6.42 Å². The first-order chi connectivity index (χ1) is 10.2. The molecule has 5 nitrogen and oxygen atoms in total. The van der Waals surface area contributed by atoms with Gasteiger partial charge in [-0.2, -0.15) is 0 Å². The summed E-state index contributed by atoms with van der Waals surface area (Å²) in [6, 6.07) is 5.48. The number of aromatic nitrogens is 2. The van der Waals surface area contributed by atoms with Gasteiger partial charge < -0.3 is 9.47 Å². The molecule has 0 unspecified atom stereocenters. The first-order valence-electron chi connectivity index (χ1n) is 6.84. The standard InChI is InChI=1S/C16H16N2O3/c1-20-10-6-7-15(21-2)11(8-10)16-17-9-12-13(18-16)4-3-5-14(12)19/h6-9H,3-5H2,1-2H3. The molecule has 0 bridgehead atoms. The van der Waals surface area contributed by atoms with Crippen LogP contribution in [-0.4, -0.2) is 30.0 Å². The number of Topliss-reactive ketones (excluding diaryl/α,β-unsaturated/α-hetero) is 1. The monoisotopic (exact) mass is 284 g/mol. The van der Waals surface area contributed by atoms with Gasteiger partial charge in [0.25, 0.3) is 0 Å². The summed E-state index contributed by atoms with van der Waals surface area (Å²) in [6.45, 7) is 0. The maximum atomic E-state index is 11.8. The second-order valence-electron chi connectivity index (χ2n) is 4.90. The number of carbonyl (C=O) groups excluding carboxylic acids is 1. The second-order valence-corrected chi connectivity index (χ2v) is 4.90. The fraction of sp³-hybridized carbons (Fsp3) is 0.312. The van der Waals surface area contributed by atoms with Crippen LogP contribution in [0.2, 0.25) is 0 Å². The average molecular weight is 284 g/mol. The van der Waals surface area contributed by atoms with E-state index in [4.69, 9.17) is 9.47 Å². The smallest absolute Gasteiger partial charge is 0.166 e. The highest BCUT2D eigenvalue weighted by molar-refractivity contribution is 5.97. The second kappa shape index (κ2) is 5.52. The number of ether oxygens (including phenoxy) is 2. The number of aryl methyl sites for hydroxylation is 1. The molecular formula is C16H16N2O3. The van der Waals surface area contributed by atoms with Gasteiger partial charge in [-0.1, -0.05) is 0 Å².